The smallest absolute Gasteiger partial charge is 0.315 e. The number of fused-ring (bicyclic) bond motifs is 1. The van der Waals surface area contributed by atoms with E-state index in [2.05, 4.69) is 12.2 Å². The first kappa shape index (κ1) is 11.0. The number of benzene rings is 1. The van der Waals surface area contributed by atoms with Crippen LogP contribution in [-0.4, -0.2) is 19.1 Å². The summed E-state index contributed by atoms with van der Waals surface area (Å²) in [4.78, 5) is 11.8. The molecule has 1 N–H and O–H groups in total. The Kier molecular flexibility index (Phi) is 3.44. The average molecular weight is 219 g/mol. The average Bonchev–Trinajstić information content (AvgIpc) is 2.73. The van der Waals surface area contributed by atoms with Crippen molar-refractivity contribution in [2.45, 2.75) is 25.7 Å². The van der Waals surface area contributed by atoms with E-state index < -0.39 is 0 Å². The number of anilines is 1. The van der Waals surface area contributed by atoms with Gasteiger partial charge in [0.25, 0.3) is 0 Å². The number of nitrogens with one attached hydrogen (secondary N) is 1. The molecule has 0 bridgehead atoms. The van der Waals surface area contributed by atoms with Crippen LogP contribution in [0.1, 0.15) is 31.2 Å². The number of carbonyl (C=O) groups is 1. The number of para-hydroxylation sites is 1. The summed E-state index contributed by atoms with van der Waals surface area (Å²) in [7, 11) is 0. The van der Waals surface area contributed by atoms with E-state index in [1.54, 1.807) is 0 Å². The predicted molar refractivity (Wildman–Crippen MR) is 63.5 cm³/mol. The lowest BCUT2D eigenvalue weighted by Crippen LogP contribution is -2.18. The lowest BCUT2D eigenvalue weighted by molar-refractivity contribution is -0.145. The topological polar surface area (TPSA) is 38.3 Å². The lowest BCUT2D eigenvalue weighted by Gasteiger charge is -2.09. The van der Waals surface area contributed by atoms with Gasteiger partial charge in [0, 0.05) is 12.2 Å². The molecule has 1 atom stereocenters. The highest BCUT2D eigenvalue weighted by molar-refractivity contribution is 5.83. The van der Waals surface area contributed by atoms with Crippen LogP contribution in [0.25, 0.3) is 0 Å². The minimum atomic E-state index is -0.131. The molecule has 1 aromatic rings. The van der Waals surface area contributed by atoms with Gasteiger partial charge in [0.15, 0.2) is 0 Å². The van der Waals surface area contributed by atoms with E-state index in [0.717, 1.165) is 24.1 Å². The van der Waals surface area contributed by atoms with E-state index in [0.29, 0.717) is 13.2 Å². The summed E-state index contributed by atoms with van der Waals surface area (Å²) in [5, 5.41) is 3.22. The summed E-state index contributed by atoms with van der Waals surface area (Å²) in [6, 6.07) is 7.91. The molecule has 2 rings (SSSR count). The summed E-state index contributed by atoms with van der Waals surface area (Å²) in [5.41, 5.74) is 2.11. The highest BCUT2D eigenvalue weighted by atomic mass is 16.5. The molecule has 86 valence electrons. The van der Waals surface area contributed by atoms with Gasteiger partial charge in [-0.1, -0.05) is 31.5 Å². The number of hydrogen-bond acceptors (Lipinski definition) is 3. The molecule has 0 aromatic heterocycles. The molecule has 0 fully saturated rings. The molecule has 0 radical (unpaired) electrons. The van der Waals surface area contributed by atoms with Gasteiger partial charge in [-0.15, -0.1) is 0 Å². The standard InChI is InChI=1S/C13H17NO2/c1-2-3-8-16-13(15)11-9-14-12-7-5-4-6-10(11)12/h4-7,11,14H,2-3,8-9H2,1H3/t11-/m1/s1. The molecule has 0 aliphatic carbocycles. The fourth-order valence-corrected chi connectivity index (χ4v) is 1.91. The van der Waals surface area contributed by atoms with E-state index in [1.165, 1.54) is 0 Å². The van der Waals surface area contributed by atoms with E-state index in [1.807, 2.05) is 24.3 Å². The van der Waals surface area contributed by atoms with E-state index in [-0.39, 0.29) is 11.9 Å². The van der Waals surface area contributed by atoms with Gasteiger partial charge < -0.3 is 10.1 Å². The van der Waals surface area contributed by atoms with Gasteiger partial charge in [0.1, 0.15) is 5.92 Å². The van der Waals surface area contributed by atoms with Crippen LogP contribution in [-0.2, 0) is 9.53 Å². The molecule has 0 saturated heterocycles. The first-order valence-electron chi connectivity index (χ1n) is 5.82. The Labute approximate surface area is 95.8 Å². The van der Waals surface area contributed by atoms with Crippen molar-refractivity contribution < 1.29 is 9.53 Å². The number of ether oxygens (including phenoxy) is 1. The van der Waals surface area contributed by atoms with Crippen molar-refractivity contribution in [3.63, 3.8) is 0 Å². The summed E-state index contributed by atoms with van der Waals surface area (Å²) in [6.07, 6.45) is 1.99. The Bertz CT molecular complexity index is 376. The fourth-order valence-electron chi connectivity index (χ4n) is 1.91. The maximum Gasteiger partial charge on any atom is 0.315 e. The van der Waals surface area contributed by atoms with Crippen molar-refractivity contribution in [3.05, 3.63) is 29.8 Å². The number of esters is 1. The first-order chi connectivity index (χ1) is 7.83. The summed E-state index contributed by atoms with van der Waals surface area (Å²) < 4.78 is 5.24. The summed E-state index contributed by atoms with van der Waals surface area (Å²) in [6.45, 7) is 3.28. The minimum Gasteiger partial charge on any atom is -0.465 e. The van der Waals surface area contributed by atoms with E-state index in [9.17, 15) is 4.79 Å². The highest BCUT2D eigenvalue weighted by Crippen LogP contribution is 2.31. The lowest BCUT2D eigenvalue weighted by atomic mass is 10.0. The molecule has 0 amide bonds. The van der Waals surface area contributed by atoms with Crippen LogP contribution >= 0.6 is 0 Å². The van der Waals surface area contributed by atoms with Crippen molar-refractivity contribution in [3.8, 4) is 0 Å². The Morgan fingerprint density at radius 3 is 3.12 bits per heavy atom. The minimum absolute atomic E-state index is 0.106. The quantitative estimate of drug-likeness (QED) is 0.624. The van der Waals surface area contributed by atoms with Gasteiger partial charge in [0.2, 0.25) is 0 Å². The summed E-state index contributed by atoms with van der Waals surface area (Å²) in [5.74, 6) is -0.237. The van der Waals surface area contributed by atoms with Crippen molar-refractivity contribution in [2.24, 2.45) is 0 Å². The largest absolute Gasteiger partial charge is 0.465 e. The number of rotatable bonds is 4. The second-order valence-electron chi connectivity index (χ2n) is 4.04. The van der Waals surface area contributed by atoms with Crippen LogP contribution in [0.15, 0.2) is 24.3 Å². The zero-order valence-corrected chi connectivity index (χ0v) is 9.53. The Hall–Kier alpha value is -1.51. The van der Waals surface area contributed by atoms with Gasteiger partial charge in [0.05, 0.1) is 6.61 Å². The second-order valence-corrected chi connectivity index (χ2v) is 4.04. The molecular formula is C13H17NO2. The van der Waals surface area contributed by atoms with Gasteiger partial charge in [-0.05, 0) is 18.1 Å². The first-order valence-corrected chi connectivity index (χ1v) is 5.82. The molecule has 1 heterocycles. The van der Waals surface area contributed by atoms with E-state index >= 15 is 0 Å². The van der Waals surface area contributed by atoms with Crippen LogP contribution in [0.2, 0.25) is 0 Å². The maximum atomic E-state index is 11.8. The monoisotopic (exact) mass is 219 g/mol. The van der Waals surface area contributed by atoms with Gasteiger partial charge in [-0.3, -0.25) is 4.79 Å². The predicted octanol–water partition coefficient (Wildman–Crippen LogP) is 2.54. The third-order valence-electron chi connectivity index (χ3n) is 2.86. The van der Waals surface area contributed by atoms with Crippen LogP contribution in [0, 0.1) is 0 Å². The number of carbonyl (C=O) groups excluding carboxylic acids is 1. The Morgan fingerprint density at radius 1 is 1.50 bits per heavy atom. The molecule has 1 aliphatic heterocycles. The highest BCUT2D eigenvalue weighted by Gasteiger charge is 2.29. The Balaban J connectivity index is 1.99. The zero-order valence-electron chi connectivity index (χ0n) is 9.53. The number of hydrogen-bond donors (Lipinski definition) is 1. The normalized spacial score (nSPS) is 17.7. The van der Waals surface area contributed by atoms with Crippen LogP contribution < -0.4 is 5.32 Å². The van der Waals surface area contributed by atoms with Crippen molar-refractivity contribution in [1.29, 1.82) is 0 Å². The summed E-state index contributed by atoms with van der Waals surface area (Å²) >= 11 is 0. The Morgan fingerprint density at radius 2 is 2.31 bits per heavy atom. The fraction of sp³-hybridized carbons (Fsp3) is 0.462. The van der Waals surface area contributed by atoms with Crippen LogP contribution in [0.3, 0.4) is 0 Å². The molecule has 0 spiro atoms. The van der Waals surface area contributed by atoms with Gasteiger partial charge in [-0.25, -0.2) is 0 Å². The van der Waals surface area contributed by atoms with Crippen molar-refractivity contribution >= 4 is 11.7 Å². The second kappa shape index (κ2) is 5.01. The van der Waals surface area contributed by atoms with Gasteiger partial charge in [-0.2, -0.15) is 0 Å². The number of unbranched alkanes of at least 4 members (excludes halogenated alkanes) is 1. The van der Waals surface area contributed by atoms with Gasteiger partial charge >= 0.3 is 5.97 Å². The van der Waals surface area contributed by atoms with Crippen molar-refractivity contribution in [2.75, 3.05) is 18.5 Å². The molecule has 0 saturated carbocycles. The molecule has 0 unspecified atom stereocenters. The molecule has 1 aliphatic rings. The molecular weight excluding hydrogens is 202 g/mol. The maximum absolute atomic E-state index is 11.8. The molecule has 3 heteroatoms. The van der Waals surface area contributed by atoms with Crippen molar-refractivity contribution in [1.82, 2.24) is 0 Å². The third kappa shape index (κ3) is 2.18. The molecule has 16 heavy (non-hydrogen) atoms. The molecule has 3 nitrogen and oxygen atoms in total. The zero-order chi connectivity index (χ0) is 11.4. The van der Waals surface area contributed by atoms with Crippen LogP contribution in [0.4, 0.5) is 5.69 Å². The van der Waals surface area contributed by atoms with Crippen LogP contribution in [0.5, 0.6) is 0 Å². The SMILES string of the molecule is CCCCOC(=O)[C@@H]1CNc2ccccc21. The molecule has 1 aromatic carbocycles. The third-order valence-corrected chi connectivity index (χ3v) is 2.86. The van der Waals surface area contributed by atoms with E-state index in [4.69, 9.17) is 4.74 Å².